The number of fused-ring (bicyclic) bond motifs is 1. The summed E-state index contributed by atoms with van der Waals surface area (Å²) in [5, 5.41) is 9.43. The predicted molar refractivity (Wildman–Crippen MR) is 83.8 cm³/mol. The highest BCUT2D eigenvalue weighted by atomic mass is 19.1. The van der Waals surface area contributed by atoms with Crippen LogP contribution in [0.4, 0.5) is 14.5 Å². The highest BCUT2D eigenvalue weighted by molar-refractivity contribution is 5.86. The Morgan fingerprint density at radius 1 is 1.38 bits per heavy atom. The molecule has 1 aromatic heterocycles. The van der Waals surface area contributed by atoms with Crippen LogP contribution in [0.3, 0.4) is 0 Å². The highest BCUT2D eigenvalue weighted by Gasteiger charge is 2.30. The minimum absolute atomic E-state index is 0.0998. The quantitative estimate of drug-likeness (QED) is 0.933. The van der Waals surface area contributed by atoms with Crippen molar-refractivity contribution in [1.82, 2.24) is 4.98 Å². The number of benzene rings is 1. The second-order valence-electron chi connectivity index (χ2n) is 5.22. The maximum atomic E-state index is 14.4. The number of carbonyl (C=O) groups is 1. The first-order valence-electron chi connectivity index (χ1n) is 7.16. The molecule has 7 heteroatoms. The summed E-state index contributed by atoms with van der Waals surface area (Å²) in [6.07, 6.45) is 4.59. The maximum Gasteiger partial charge on any atom is 0.330 e. The average molecular weight is 332 g/mol. The summed E-state index contributed by atoms with van der Waals surface area (Å²) >= 11 is 0. The van der Waals surface area contributed by atoms with Crippen molar-refractivity contribution in [3.05, 3.63) is 59.4 Å². The number of aliphatic carboxylic acids is 1. The molecule has 1 aromatic carbocycles. The molecule has 1 unspecified atom stereocenters. The third-order valence-electron chi connectivity index (χ3n) is 3.85. The average Bonchev–Trinajstić information content (AvgIpc) is 2.58. The zero-order valence-electron chi connectivity index (χ0n) is 12.7. The van der Waals surface area contributed by atoms with E-state index in [9.17, 15) is 18.7 Å². The number of carboxylic acid groups (broad SMARTS) is 1. The van der Waals surface area contributed by atoms with Crippen molar-refractivity contribution < 1.29 is 23.4 Å². The van der Waals surface area contributed by atoms with Crippen molar-refractivity contribution in [2.45, 2.75) is 12.6 Å². The van der Waals surface area contributed by atoms with Gasteiger partial charge in [0.25, 0.3) is 0 Å². The number of ether oxygens (including phenoxy) is 1. The lowest BCUT2D eigenvalue weighted by Crippen LogP contribution is -2.41. The Kier molecular flexibility index (Phi) is 4.16. The molecule has 124 valence electrons. The van der Waals surface area contributed by atoms with Gasteiger partial charge in [0.05, 0.1) is 25.0 Å². The summed E-state index contributed by atoms with van der Waals surface area (Å²) in [6.45, 7) is -0.269. The number of hydrogen-bond donors (Lipinski definition) is 1. The van der Waals surface area contributed by atoms with E-state index in [2.05, 4.69) is 4.98 Å². The number of pyridine rings is 1. The number of anilines is 1. The molecular formula is C17H14F2N2O3. The van der Waals surface area contributed by atoms with E-state index in [0.29, 0.717) is 11.4 Å². The number of carboxylic acids is 1. The van der Waals surface area contributed by atoms with Gasteiger partial charge >= 0.3 is 5.97 Å². The molecule has 5 nitrogen and oxygen atoms in total. The Bertz CT molecular complexity index is 823. The van der Waals surface area contributed by atoms with E-state index < -0.39 is 23.6 Å². The van der Waals surface area contributed by atoms with Crippen LogP contribution in [0, 0.1) is 11.6 Å². The van der Waals surface area contributed by atoms with Gasteiger partial charge in [-0.1, -0.05) is 0 Å². The van der Waals surface area contributed by atoms with Crippen molar-refractivity contribution in [2.24, 2.45) is 0 Å². The van der Waals surface area contributed by atoms with Crippen molar-refractivity contribution in [2.75, 3.05) is 12.0 Å². The van der Waals surface area contributed by atoms with Gasteiger partial charge in [-0.25, -0.2) is 13.6 Å². The van der Waals surface area contributed by atoms with Crippen LogP contribution in [0.5, 0.6) is 5.75 Å². The fourth-order valence-corrected chi connectivity index (χ4v) is 2.66. The van der Waals surface area contributed by atoms with E-state index in [0.717, 1.165) is 6.07 Å². The zero-order valence-corrected chi connectivity index (χ0v) is 12.7. The Balaban J connectivity index is 2.07. The molecule has 2 heterocycles. The zero-order chi connectivity index (χ0) is 17.3. The lowest BCUT2D eigenvalue weighted by atomic mass is 10.0. The summed E-state index contributed by atoms with van der Waals surface area (Å²) in [6, 6.07) is 4.54. The number of rotatable bonds is 4. The van der Waals surface area contributed by atoms with Crippen molar-refractivity contribution >= 4 is 17.7 Å². The Labute approximate surface area is 136 Å². The number of hydrogen-bond acceptors (Lipinski definition) is 4. The van der Waals surface area contributed by atoms with Crippen LogP contribution in [0.15, 0.2) is 36.5 Å². The highest BCUT2D eigenvalue weighted by Crippen LogP contribution is 2.31. The molecule has 0 saturated carbocycles. The Hall–Kier alpha value is -2.96. The molecule has 1 aliphatic rings. The van der Waals surface area contributed by atoms with Gasteiger partial charge in [0.15, 0.2) is 11.6 Å². The number of nitrogens with zero attached hydrogens (tertiary/aromatic N) is 2. The third-order valence-corrected chi connectivity index (χ3v) is 3.85. The van der Waals surface area contributed by atoms with Crippen LogP contribution in [0.2, 0.25) is 0 Å². The molecule has 2 aromatic rings. The van der Waals surface area contributed by atoms with E-state index in [4.69, 9.17) is 4.74 Å². The predicted octanol–water partition coefficient (Wildman–Crippen LogP) is 2.86. The van der Waals surface area contributed by atoms with Crippen LogP contribution < -0.4 is 9.64 Å². The van der Waals surface area contributed by atoms with Crippen LogP contribution >= 0.6 is 0 Å². The van der Waals surface area contributed by atoms with Gasteiger partial charge in [0.1, 0.15) is 11.9 Å². The van der Waals surface area contributed by atoms with Gasteiger partial charge in [-0.3, -0.25) is 4.98 Å². The fourth-order valence-electron chi connectivity index (χ4n) is 2.66. The molecule has 0 amide bonds. The van der Waals surface area contributed by atoms with Gasteiger partial charge in [-0.2, -0.15) is 0 Å². The first-order valence-corrected chi connectivity index (χ1v) is 7.16. The van der Waals surface area contributed by atoms with Gasteiger partial charge in [-0.15, -0.1) is 0 Å². The van der Waals surface area contributed by atoms with Gasteiger partial charge in [0, 0.05) is 11.8 Å². The van der Waals surface area contributed by atoms with E-state index in [1.165, 1.54) is 24.2 Å². The Morgan fingerprint density at radius 2 is 2.17 bits per heavy atom. The minimum atomic E-state index is -1.12. The monoisotopic (exact) mass is 332 g/mol. The SMILES string of the molecule is COc1ccc(F)c(CN2c3cccnc3C=CC2C(=O)O)c1F. The number of halogens is 2. The molecule has 0 spiro atoms. The second kappa shape index (κ2) is 6.27. The van der Waals surface area contributed by atoms with Gasteiger partial charge in [0.2, 0.25) is 0 Å². The van der Waals surface area contributed by atoms with Crippen LogP contribution in [-0.4, -0.2) is 29.2 Å². The molecular weight excluding hydrogens is 318 g/mol. The van der Waals surface area contributed by atoms with Gasteiger partial charge < -0.3 is 14.7 Å². The van der Waals surface area contributed by atoms with Gasteiger partial charge in [-0.05, 0) is 36.4 Å². The van der Waals surface area contributed by atoms with Crippen LogP contribution in [0.1, 0.15) is 11.3 Å². The molecule has 0 aliphatic carbocycles. The summed E-state index contributed by atoms with van der Waals surface area (Å²) in [7, 11) is 1.28. The molecule has 1 aliphatic heterocycles. The molecule has 24 heavy (non-hydrogen) atoms. The largest absolute Gasteiger partial charge is 0.494 e. The number of methoxy groups -OCH3 is 1. The molecule has 1 N–H and O–H groups in total. The molecule has 0 saturated heterocycles. The van der Waals surface area contributed by atoms with E-state index in [-0.39, 0.29) is 17.9 Å². The molecule has 0 bridgehead atoms. The van der Waals surface area contributed by atoms with Crippen LogP contribution in [-0.2, 0) is 11.3 Å². The van der Waals surface area contributed by atoms with E-state index >= 15 is 0 Å². The maximum absolute atomic E-state index is 14.4. The Morgan fingerprint density at radius 3 is 2.88 bits per heavy atom. The normalized spacial score (nSPS) is 16.0. The molecule has 0 radical (unpaired) electrons. The molecule has 1 atom stereocenters. The topological polar surface area (TPSA) is 62.7 Å². The lowest BCUT2D eigenvalue weighted by molar-refractivity contribution is -0.137. The van der Waals surface area contributed by atoms with Crippen molar-refractivity contribution in [1.29, 1.82) is 0 Å². The molecule has 3 rings (SSSR count). The van der Waals surface area contributed by atoms with Crippen molar-refractivity contribution in [3.8, 4) is 5.75 Å². The first kappa shape index (κ1) is 15.9. The summed E-state index contributed by atoms with van der Waals surface area (Å²) in [4.78, 5) is 17.1. The minimum Gasteiger partial charge on any atom is -0.494 e. The summed E-state index contributed by atoms with van der Waals surface area (Å²) < 4.78 is 33.4. The fraction of sp³-hybridized carbons (Fsp3) is 0.176. The standard InChI is InChI=1S/C17H14F2N2O3/c1-24-15-7-4-11(18)10(16(15)19)9-21-13-3-2-8-20-12(13)5-6-14(21)17(22)23/h2-8,14H,9H2,1H3,(H,22,23). The van der Waals surface area contributed by atoms with Crippen molar-refractivity contribution in [3.63, 3.8) is 0 Å². The van der Waals surface area contributed by atoms with E-state index in [1.807, 2.05) is 0 Å². The second-order valence-corrected chi connectivity index (χ2v) is 5.22. The van der Waals surface area contributed by atoms with Crippen LogP contribution in [0.25, 0.3) is 6.08 Å². The van der Waals surface area contributed by atoms with E-state index in [1.54, 1.807) is 24.4 Å². The summed E-state index contributed by atoms with van der Waals surface area (Å²) in [5.74, 6) is -2.83. The number of aromatic nitrogens is 1. The lowest BCUT2D eigenvalue weighted by Gasteiger charge is -2.33. The molecule has 0 fully saturated rings. The summed E-state index contributed by atoms with van der Waals surface area (Å²) in [5.41, 5.74) is 0.776. The first-order chi connectivity index (χ1) is 11.5. The smallest absolute Gasteiger partial charge is 0.330 e. The third kappa shape index (κ3) is 2.68.